The van der Waals surface area contributed by atoms with Gasteiger partial charge < -0.3 is 5.32 Å². The summed E-state index contributed by atoms with van der Waals surface area (Å²) in [4.78, 5) is 1.35. The molecule has 19 heavy (non-hydrogen) atoms. The number of hydrogen-bond acceptors (Lipinski definition) is 2. The Morgan fingerprint density at radius 1 is 1.16 bits per heavy atom. The molecular weight excluding hydrogens is 386 g/mol. The second-order valence-electron chi connectivity index (χ2n) is 4.60. The first-order valence-electron chi connectivity index (χ1n) is 6.28. The van der Waals surface area contributed by atoms with Crippen LogP contribution in [0.2, 0.25) is 0 Å². The lowest BCUT2D eigenvalue weighted by molar-refractivity contribution is 0.639. The highest BCUT2D eigenvalue weighted by molar-refractivity contribution is 9.11. The van der Waals surface area contributed by atoms with Crippen LogP contribution in [0.4, 0.5) is 0 Å². The topological polar surface area (TPSA) is 12.0 Å². The highest BCUT2D eigenvalue weighted by Crippen LogP contribution is 2.35. The van der Waals surface area contributed by atoms with Crippen LogP contribution < -0.4 is 5.32 Å². The Labute approximate surface area is 135 Å². The largest absolute Gasteiger partial charge is 0.306 e. The molecule has 0 aliphatic carbocycles. The molecule has 1 unspecified atom stereocenters. The standard InChI is InChI=1S/C15H17Br2NS/c1-4-18-14(13-8-10(3)15(17)19-13)11-5-6-12(16)9(2)7-11/h5-8,14,18H,4H2,1-3H3. The summed E-state index contributed by atoms with van der Waals surface area (Å²) >= 11 is 8.99. The van der Waals surface area contributed by atoms with Gasteiger partial charge in [0.15, 0.2) is 0 Å². The van der Waals surface area contributed by atoms with Crippen molar-refractivity contribution in [3.63, 3.8) is 0 Å². The molecule has 2 aromatic rings. The van der Waals surface area contributed by atoms with E-state index in [0.717, 1.165) is 11.0 Å². The maximum absolute atomic E-state index is 3.62. The minimum Gasteiger partial charge on any atom is -0.306 e. The van der Waals surface area contributed by atoms with E-state index in [1.165, 1.54) is 25.4 Å². The molecule has 0 saturated heterocycles. The Bertz CT molecular complexity index is 558. The number of hydrogen-bond donors (Lipinski definition) is 1. The smallest absolute Gasteiger partial charge is 0.0731 e. The molecule has 1 N–H and O–H groups in total. The van der Waals surface area contributed by atoms with Gasteiger partial charge in [-0.05, 0) is 65.1 Å². The summed E-state index contributed by atoms with van der Waals surface area (Å²) in [5.41, 5.74) is 3.89. The third-order valence-electron chi connectivity index (χ3n) is 3.08. The van der Waals surface area contributed by atoms with Crippen molar-refractivity contribution < 1.29 is 0 Å². The van der Waals surface area contributed by atoms with E-state index in [1.54, 1.807) is 0 Å². The van der Waals surface area contributed by atoms with Gasteiger partial charge in [-0.25, -0.2) is 0 Å². The predicted molar refractivity (Wildman–Crippen MR) is 91.2 cm³/mol. The lowest BCUT2D eigenvalue weighted by Gasteiger charge is -2.18. The summed E-state index contributed by atoms with van der Waals surface area (Å²) in [6, 6.07) is 9.10. The van der Waals surface area contributed by atoms with Crippen molar-refractivity contribution in [3.8, 4) is 0 Å². The van der Waals surface area contributed by atoms with Crippen LogP contribution in [0.5, 0.6) is 0 Å². The van der Waals surface area contributed by atoms with Gasteiger partial charge >= 0.3 is 0 Å². The molecule has 0 aliphatic rings. The Morgan fingerprint density at radius 3 is 2.42 bits per heavy atom. The summed E-state index contributed by atoms with van der Waals surface area (Å²) < 4.78 is 2.38. The molecule has 0 saturated carbocycles. The molecule has 1 aromatic carbocycles. The van der Waals surface area contributed by atoms with Gasteiger partial charge in [-0.3, -0.25) is 0 Å². The van der Waals surface area contributed by atoms with Crippen molar-refractivity contribution in [3.05, 3.63) is 54.1 Å². The third kappa shape index (κ3) is 3.48. The zero-order chi connectivity index (χ0) is 14.0. The Kier molecular flexibility index (Phi) is 5.23. The van der Waals surface area contributed by atoms with Crippen molar-refractivity contribution in [1.29, 1.82) is 0 Å². The highest BCUT2D eigenvalue weighted by Gasteiger charge is 2.17. The van der Waals surface area contributed by atoms with Crippen LogP contribution in [0.1, 0.15) is 34.5 Å². The van der Waals surface area contributed by atoms with E-state index in [4.69, 9.17) is 0 Å². The van der Waals surface area contributed by atoms with Crippen LogP contribution in [0.25, 0.3) is 0 Å². The molecule has 0 radical (unpaired) electrons. The van der Waals surface area contributed by atoms with Crippen molar-refractivity contribution in [2.24, 2.45) is 0 Å². The molecule has 0 fully saturated rings. The molecular formula is C15H17Br2NS. The van der Waals surface area contributed by atoms with Crippen LogP contribution in [-0.2, 0) is 0 Å². The van der Waals surface area contributed by atoms with Crippen LogP contribution >= 0.6 is 43.2 Å². The van der Waals surface area contributed by atoms with Crippen LogP contribution in [0.3, 0.4) is 0 Å². The number of nitrogens with one attached hydrogen (secondary N) is 1. The van der Waals surface area contributed by atoms with Crippen molar-refractivity contribution in [2.75, 3.05) is 6.54 Å². The van der Waals surface area contributed by atoms with Crippen LogP contribution in [-0.4, -0.2) is 6.54 Å². The minimum absolute atomic E-state index is 0.270. The van der Waals surface area contributed by atoms with Crippen molar-refractivity contribution in [1.82, 2.24) is 5.32 Å². The van der Waals surface area contributed by atoms with E-state index in [2.05, 4.69) is 82.2 Å². The van der Waals surface area contributed by atoms with E-state index in [1.807, 2.05) is 11.3 Å². The van der Waals surface area contributed by atoms with E-state index in [9.17, 15) is 0 Å². The average molecular weight is 403 g/mol. The first-order valence-corrected chi connectivity index (χ1v) is 8.68. The molecule has 0 spiro atoms. The first-order chi connectivity index (χ1) is 9.02. The van der Waals surface area contributed by atoms with Gasteiger partial charge in [-0.1, -0.05) is 35.0 Å². The molecule has 1 heterocycles. The number of aryl methyl sites for hydroxylation is 2. The fourth-order valence-electron chi connectivity index (χ4n) is 2.06. The Hall–Kier alpha value is -0.160. The maximum atomic E-state index is 3.62. The number of rotatable bonds is 4. The lowest BCUT2D eigenvalue weighted by Crippen LogP contribution is -2.21. The number of benzene rings is 1. The van der Waals surface area contributed by atoms with Crippen LogP contribution in [0, 0.1) is 13.8 Å². The van der Waals surface area contributed by atoms with Gasteiger partial charge in [-0.15, -0.1) is 11.3 Å². The molecule has 102 valence electrons. The van der Waals surface area contributed by atoms with Crippen LogP contribution in [0.15, 0.2) is 32.5 Å². The van der Waals surface area contributed by atoms with Gasteiger partial charge in [0.1, 0.15) is 0 Å². The van der Waals surface area contributed by atoms with Crippen molar-refractivity contribution >= 4 is 43.2 Å². The molecule has 1 aromatic heterocycles. The van der Waals surface area contributed by atoms with Gasteiger partial charge in [0.05, 0.1) is 9.83 Å². The summed E-state index contributed by atoms with van der Waals surface area (Å²) in [6.07, 6.45) is 0. The third-order valence-corrected chi connectivity index (χ3v) is 6.18. The van der Waals surface area contributed by atoms with Gasteiger partial charge in [0.25, 0.3) is 0 Å². The Balaban J connectivity index is 2.41. The monoisotopic (exact) mass is 401 g/mol. The normalized spacial score (nSPS) is 12.7. The molecule has 4 heteroatoms. The summed E-state index contributed by atoms with van der Waals surface area (Å²) in [7, 11) is 0. The molecule has 0 aliphatic heterocycles. The zero-order valence-electron chi connectivity index (χ0n) is 11.3. The van der Waals surface area contributed by atoms with Crippen molar-refractivity contribution in [2.45, 2.75) is 26.8 Å². The highest BCUT2D eigenvalue weighted by atomic mass is 79.9. The van der Waals surface area contributed by atoms with E-state index < -0.39 is 0 Å². The Morgan fingerprint density at radius 2 is 1.89 bits per heavy atom. The SMILES string of the molecule is CCNC(c1ccc(Br)c(C)c1)c1cc(C)c(Br)s1. The molecule has 0 amide bonds. The zero-order valence-corrected chi connectivity index (χ0v) is 15.2. The number of halogens is 2. The van der Waals surface area contributed by atoms with Gasteiger partial charge in [0, 0.05) is 9.35 Å². The fraction of sp³-hybridized carbons (Fsp3) is 0.333. The second kappa shape index (κ2) is 6.53. The lowest BCUT2D eigenvalue weighted by atomic mass is 10.0. The van der Waals surface area contributed by atoms with E-state index in [-0.39, 0.29) is 6.04 Å². The second-order valence-corrected chi connectivity index (χ2v) is 7.86. The van der Waals surface area contributed by atoms with Gasteiger partial charge in [0.2, 0.25) is 0 Å². The fourth-order valence-corrected chi connectivity index (χ4v) is 3.98. The summed E-state index contributed by atoms with van der Waals surface area (Å²) in [5.74, 6) is 0. The quantitative estimate of drug-likeness (QED) is 0.702. The maximum Gasteiger partial charge on any atom is 0.0731 e. The molecule has 2 rings (SSSR count). The summed E-state index contributed by atoms with van der Waals surface area (Å²) in [6.45, 7) is 7.37. The van der Waals surface area contributed by atoms with E-state index in [0.29, 0.717) is 0 Å². The minimum atomic E-state index is 0.270. The van der Waals surface area contributed by atoms with E-state index >= 15 is 0 Å². The molecule has 1 nitrogen and oxygen atoms in total. The average Bonchev–Trinajstić information content (AvgIpc) is 2.70. The first kappa shape index (κ1) is 15.2. The van der Waals surface area contributed by atoms with Gasteiger partial charge in [-0.2, -0.15) is 0 Å². The predicted octanol–water partition coefficient (Wildman–Crippen LogP) is 5.59. The summed E-state index contributed by atoms with van der Waals surface area (Å²) in [5, 5.41) is 3.58. The molecule has 0 bridgehead atoms. The number of thiophene rings is 1. The molecule has 1 atom stereocenters.